The minimum absolute atomic E-state index is 0.114. The molecule has 3 N–H and O–H groups in total. The SMILES string of the molecule is COCC(N)CN(C)C(=O)c1ccc(OC)cc1O. The second-order valence-corrected chi connectivity index (χ2v) is 4.28. The molecule has 0 aliphatic heterocycles. The number of aromatic hydroxyl groups is 1. The number of nitrogens with zero attached hydrogens (tertiary/aromatic N) is 1. The van der Waals surface area contributed by atoms with Crippen molar-refractivity contribution in [2.24, 2.45) is 5.73 Å². The van der Waals surface area contributed by atoms with Crippen LogP contribution in [0.15, 0.2) is 18.2 Å². The second kappa shape index (κ2) is 6.96. The number of methoxy groups -OCH3 is 2. The van der Waals surface area contributed by atoms with Crippen LogP contribution in [0, 0.1) is 0 Å². The molecule has 1 atom stereocenters. The van der Waals surface area contributed by atoms with Crippen LogP contribution in [-0.2, 0) is 4.74 Å². The van der Waals surface area contributed by atoms with Crippen LogP contribution in [0.1, 0.15) is 10.4 Å². The lowest BCUT2D eigenvalue weighted by Gasteiger charge is -2.21. The fraction of sp³-hybridized carbons (Fsp3) is 0.462. The number of carbonyl (C=O) groups excluding carboxylic acids is 1. The van der Waals surface area contributed by atoms with E-state index in [0.29, 0.717) is 18.9 Å². The zero-order chi connectivity index (χ0) is 14.4. The molecule has 0 radical (unpaired) electrons. The Labute approximate surface area is 112 Å². The van der Waals surface area contributed by atoms with Crippen LogP contribution < -0.4 is 10.5 Å². The summed E-state index contributed by atoms with van der Waals surface area (Å²) in [6.07, 6.45) is 0. The van der Waals surface area contributed by atoms with E-state index in [4.69, 9.17) is 15.2 Å². The Hall–Kier alpha value is -1.79. The van der Waals surface area contributed by atoms with E-state index in [9.17, 15) is 9.90 Å². The molecule has 1 aromatic carbocycles. The summed E-state index contributed by atoms with van der Waals surface area (Å²) in [7, 11) is 4.67. The summed E-state index contributed by atoms with van der Waals surface area (Å²) in [4.78, 5) is 13.6. The Morgan fingerprint density at radius 2 is 2.16 bits per heavy atom. The molecule has 1 aromatic rings. The van der Waals surface area contributed by atoms with Gasteiger partial charge in [0.15, 0.2) is 0 Å². The number of hydrogen-bond donors (Lipinski definition) is 2. The minimum Gasteiger partial charge on any atom is -0.507 e. The van der Waals surface area contributed by atoms with Gasteiger partial charge in [-0.05, 0) is 12.1 Å². The number of phenols is 1. The zero-order valence-electron chi connectivity index (χ0n) is 11.4. The third-order valence-corrected chi connectivity index (χ3v) is 2.67. The second-order valence-electron chi connectivity index (χ2n) is 4.28. The van der Waals surface area contributed by atoms with Crippen LogP contribution in [0.4, 0.5) is 0 Å². The van der Waals surface area contributed by atoms with Crippen LogP contribution >= 0.6 is 0 Å². The molecule has 0 saturated heterocycles. The molecule has 6 heteroatoms. The quantitative estimate of drug-likeness (QED) is 0.782. The first-order valence-corrected chi connectivity index (χ1v) is 5.86. The van der Waals surface area contributed by atoms with E-state index in [0.717, 1.165) is 0 Å². The maximum atomic E-state index is 12.1. The number of likely N-dealkylation sites (N-methyl/N-ethyl adjacent to an activating group) is 1. The van der Waals surface area contributed by atoms with Crippen molar-refractivity contribution in [1.29, 1.82) is 0 Å². The summed E-state index contributed by atoms with van der Waals surface area (Å²) >= 11 is 0. The van der Waals surface area contributed by atoms with Crippen molar-refractivity contribution in [3.8, 4) is 11.5 Å². The van der Waals surface area contributed by atoms with Crippen LogP contribution in [0.5, 0.6) is 11.5 Å². The molecule has 0 fully saturated rings. The van der Waals surface area contributed by atoms with Crippen molar-refractivity contribution < 1.29 is 19.4 Å². The van der Waals surface area contributed by atoms with Gasteiger partial charge >= 0.3 is 0 Å². The fourth-order valence-corrected chi connectivity index (χ4v) is 1.73. The van der Waals surface area contributed by atoms with E-state index < -0.39 is 0 Å². The summed E-state index contributed by atoms with van der Waals surface area (Å²) in [5, 5.41) is 9.80. The molecule has 0 heterocycles. The third kappa shape index (κ3) is 4.11. The van der Waals surface area contributed by atoms with E-state index in [1.165, 1.54) is 24.1 Å². The molecule has 0 aromatic heterocycles. The number of nitrogens with two attached hydrogens (primary N) is 1. The van der Waals surface area contributed by atoms with Crippen molar-refractivity contribution in [1.82, 2.24) is 4.90 Å². The van der Waals surface area contributed by atoms with Gasteiger partial charge in [-0.1, -0.05) is 0 Å². The number of carbonyl (C=O) groups is 1. The van der Waals surface area contributed by atoms with Crippen molar-refractivity contribution in [3.05, 3.63) is 23.8 Å². The summed E-state index contributed by atoms with van der Waals surface area (Å²) in [6, 6.07) is 4.28. The summed E-state index contributed by atoms with van der Waals surface area (Å²) in [6.45, 7) is 0.713. The lowest BCUT2D eigenvalue weighted by atomic mass is 10.1. The fourth-order valence-electron chi connectivity index (χ4n) is 1.73. The number of hydrogen-bond acceptors (Lipinski definition) is 5. The Morgan fingerprint density at radius 3 is 2.68 bits per heavy atom. The normalized spacial score (nSPS) is 12.0. The monoisotopic (exact) mass is 268 g/mol. The highest BCUT2D eigenvalue weighted by molar-refractivity contribution is 5.96. The molecule has 1 rings (SSSR count). The summed E-state index contributed by atoms with van der Waals surface area (Å²) in [5.74, 6) is 0.0796. The van der Waals surface area contributed by atoms with E-state index in [1.807, 2.05) is 0 Å². The van der Waals surface area contributed by atoms with Crippen LogP contribution in [0.25, 0.3) is 0 Å². The number of benzene rings is 1. The predicted molar refractivity (Wildman–Crippen MR) is 71.5 cm³/mol. The molecule has 1 amide bonds. The Bertz CT molecular complexity index is 437. The number of ether oxygens (including phenoxy) is 2. The lowest BCUT2D eigenvalue weighted by Crippen LogP contribution is -2.41. The molecule has 0 bridgehead atoms. The maximum Gasteiger partial charge on any atom is 0.257 e. The summed E-state index contributed by atoms with van der Waals surface area (Å²) < 4.78 is 9.88. The van der Waals surface area contributed by atoms with E-state index in [1.54, 1.807) is 20.2 Å². The van der Waals surface area contributed by atoms with Crippen LogP contribution in [-0.4, -0.2) is 56.4 Å². The van der Waals surface area contributed by atoms with Crippen molar-refractivity contribution in [2.75, 3.05) is 34.4 Å². The van der Waals surface area contributed by atoms with Gasteiger partial charge in [-0.15, -0.1) is 0 Å². The predicted octanol–water partition coefficient (Wildman–Crippen LogP) is 0.447. The molecular weight excluding hydrogens is 248 g/mol. The van der Waals surface area contributed by atoms with E-state index in [-0.39, 0.29) is 23.3 Å². The van der Waals surface area contributed by atoms with Gasteiger partial charge in [-0.25, -0.2) is 0 Å². The van der Waals surface area contributed by atoms with Gasteiger partial charge in [0.2, 0.25) is 0 Å². The van der Waals surface area contributed by atoms with E-state index >= 15 is 0 Å². The summed E-state index contributed by atoms with van der Waals surface area (Å²) in [5.41, 5.74) is 6.00. The number of rotatable bonds is 6. The largest absolute Gasteiger partial charge is 0.507 e. The van der Waals surface area contributed by atoms with Crippen LogP contribution in [0.2, 0.25) is 0 Å². The first-order valence-electron chi connectivity index (χ1n) is 5.86. The topological polar surface area (TPSA) is 85.0 Å². The van der Waals surface area contributed by atoms with Gasteiger partial charge in [-0.2, -0.15) is 0 Å². The first kappa shape index (κ1) is 15.3. The average molecular weight is 268 g/mol. The first-order chi connectivity index (χ1) is 8.99. The maximum absolute atomic E-state index is 12.1. The standard InChI is InChI=1S/C13H20N2O4/c1-15(7-9(14)8-18-2)13(17)11-5-4-10(19-3)6-12(11)16/h4-6,9,16H,7-8,14H2,1-3H3. The smallest absolute Gasteiger partial charge is 0.257 e. The molecule has 0 saturated carbocycles. The van der Waals surface area contributed by atoms with Gasteiger partial charge < -0.3 is 25.2 Å². The molecule has 0 aliphatic carbocycles. The lowest BCUT2D eigenvalue weighted by molar-refractivity contribution is 0.0761. The highest BCUT2D eigenvalue weighted by Crippen LogP contribution is 2.24. The zero-order valence-corrected chi connectivity index (χ0v) is 11.4. The minimum atomic E-state index is -0.299. The van der Waals surface area contributed by atoms with Gasteiger partial charge in [0.25, 0.3) is 5.91 Å². The van der Waals surface area contributed by atoms with Gasteiger partial charge in [0, 0.05) is 32.8 Å². The van der Waals surface area contributed by atoms with Gasteiger partial charge in [0.05, 0.1) is 19.3 Å². The molecule has 1 unspecified atom stereocenters. The Balaban J connectivity index is 2.76. The highest BCUT2D eigenvalue weighted by Gasteiger charge is 2.18. The van der Waals surface area contributed by atoms with Crippen molar-refractivity contribution in [3.63, 3.8) is 0 Å². The van der Waals surface area contributed by atoms with Crippen molar-refractivity contribution in [2.45, 2.75) is 6.04 Å². The third-order valence-electron chi connectivity index (χ3n) is 2.67. The Kier molecular flexibility index (Phi) is 5.59. The van der Waals surface area contributed by atoms with E-state index in [2.05, 4.69) is 0 Å². The molecule has 106 valence electrons. The Morgan fingerprint density at radius 1 is 1.47 bits per heavy atom. The molecule has 6 nitrogen and oxygen atoms in total. The molecule has 19 heavy (non-hydrogen) atoms. The van der Waals surface area contributed by atoms with Gasteiger partial charge in [-0.3, -0.25) is 4.79 Å². The van der Waals surface area contributed by atoms with Crippen molar-refractivity contribution >= 4 is 5.91 Å². The highest BCUT2D eigenvalue weighted by atomic mass is 16.5. The van der Waals surface area contributed by atoms with Gasteiger partial charge in [0.1, 0.15) is 11.5 Å². The number of phenolic OH excluding ortho intramolecular Hbond substituents is 1. The number of amides is 1. The average Bonchev–Trinajstić information content (AvgIpc) is 2.37. The van der Waals surface area contributed by atoms with Crippen LogP contribution in [0.3, 0.4) is 0 Å². The molecule has 0 aliphatic rings. The molecular formula is C13H20N2O4. The molecule has 0 spiro atoms.